The summed E-state index contributed by atoms with van der Waals surface area (Å²) in [6.45, 7) is -1.91. The Balaban J connectivity index is 2.48. The molecule has 1 rings (SSSR count). The Morgan fingerprint density at radius 2 is 2.67 bits per heavy atom. The third-order valence-electron chi connectivity index (χ3n) is 1.44. The smallest absolute Gasteiger partial charge is 0.171 e. The van der Waals surface area contributed by atoms with Gasteiger partial charge in [-0.05, 0) is 6.42 Å². The molecule has 0 spiro atoms. The van der Waals surface area contributed by atoms with Crippen molar-refractivity contribution in [1.82, 2.24) is 9.97 Å². The van der Waals surface area contributed by atoms with E-state index in [0.29, 0.717) is 25.0 Å². The van der Waals surface area contributed by atoms with Crippen LogP contribution in [0, 0.1) is 0 Å². The average Bonchev–Trinajstić information content (AvgIpc) is 2.44. The number of nitrogens with one attached hydrogen (secondary N) is 1. The number of aldehydes is 1. The van der Waals surface area contributed by atoms with Gasteiger partial charge in [-0.1, -0.05) is 24.9 Å². The van der Waals surface area contributed by atoms with Crippen LogP contribution in [0.25, 0.3) is 0 Å². The molecule has 0 radical (unpaired) electrons. The van der Waals surface area contributed by atoms with Crippen LogP contribution in [-0.2, 0) is 6.42 Å². The van der Waals surface area contributed by atoms with E-state index >= 15 is 0 Å². The average molecular weight is 190 g/mol. The maximum Gasteiger partial charge on any atom is 0.171 e. The van der Waals surface area contributed by atoms with Gasteiger partial charge >= 0.3 is 0 Å². The predicted octanol–water partition coefficient (Wildman–Crippen LogP) is 2.22. The Kier molecular flexibility index (Phi) is 2.04. The first kappa shape index (κ1) is 5.75. The van der Waals surface area contributed by atoms with Gasteiger partial charge in [-0.15, -0.1) is 0 Å². The summed E-state index contributed by atoms with van der Waals surface area (Å²) in [6, 6.07) is 0. The molecule has 0 saturated carbocycles. The molecule has 0 unspecified atom stereocenters. The summed E-state index contributed by atoms with van der Waals surface area (Å²) in [6.07, 6.45) is 1.65. The first-order chi connectivity index (χ1) is 6.92. The lowest BCUT2D eigenvalue weighted by Crippen LogP contribution is -1.87. The van der Waals surface area contributed by atoms with Crippen LogP contribution in [0.3, 0.4) is 0 Å². The standard InChI is InChI=1S/C8H11ClN2O/c1-2-3-4-7-10-6(5-12)8(9)11-7/h5H,2-4H2,1H3,(H,10,11)/i1D3. The molecule has 1 heterocycles. The molecular formula is C8H11ClN2O. The van der Waals surface area contributed by atoms with Crippen LogP contribution in [0.5, 0.6) is 0 Å². The van der Waals surface area contributed by atoms with E-state index in [0.717, 1.165) is 0 Å². The van der Waals surface area contributed by atoms with Crippen LogP contribution in [0.1, 0.15) is 40.1 Å². The van der Waals surface area contributed by atoms with E-state index < -0.39 is 6.85 Å². The van der Waals surface area contributed by atoms with Crippen LogP contribution >= 0.6 is 11.6 Å². The molecule has 1 aromatic heterocycles. The van der Waals surface area contributed by atoms with Crippen molar-refractivity contribution < 1.29 is 8.91 Å². The third-order valence-corrected chi connectivity index (χ3v) is 1.72. The Bertz CT molecular complexity index is 348. The van der Waals surface area contributed by atoms with Crippen molar-refractivity contribution in [1.29, 1.82) is 0 Å². The molecule has 3 nitrogen and oxygen atoms in total. The maximum absolute atomic E-state index is 10.4. The fourth-order valence-corrected chi connectivity index (χ4v) is 1.06. The van der Waals surface area contributed by atoms with Gasteiger partial charge in [-0.2, -0.15) is 0 Å². The summed E-state index contributed by atoms with van der Waals surface area (Å²) in [4.78, 5) is 17.0. The number of carbonyl (C=O) groups excluding carboxylic acids is 1. The molecule has 1 aromatic rings. The zero-order valence-corrected chi connectivity index (χ0v) is 7.19. The highest BCUT2D eigenvalue weighted by Gasteiger charge is 2.05. The number of H-pyrrole nitrogens is 1. The number of aromatic amines is 1. The summed E-state index contributed by atoms with van der Waals surface area (Å²) in [5.41, 5.74) is 0.167. The molecule has 0 bridgehead atoms. The highest BCUT2D eigenvalue weighted by molar-refractivity contribution is 6.31. The van der Waals surface area contributed by atoms with Gasteiger partial charge < -0.3 is 4.98 Å². The summed E-state index contributed by atoms with van der Waals surface area (Å²) in [5, 5.41) is 0.203. The third kappa shape index (κ3) is 2.08. The Morgan fingerprint density at radius 3 is 3.25 bits per heavy atom. The topological polar surface area (TPSA) is 45.8 Å². The van der Waals surface area contributed by atoms with Crippen LogP contribution in [0.2, 0.25) is 5.15 Å². The molecule has 0 aliphatic rings. The number of carbonyl (C=O) groups is 1. The normalized spacial score (nSPS) is 14.9. The van der Waals surface area contributed by atoms with Crippen molar-refractivity contribution in [2.24, 2.45) is 0 Å². The van der Waals surface area contributed by atoms with Crippen molar-refractivity contribution in [2.45, 2.75) is 26.1 Å². The number of aromatic nitrogens is 2. The van der Waals surface area contributed by atoms with Gasteiger partial charge in [0.25, 0.3) is 0 Å². The van der Waals surface area contributed by atoms with Crippen molar-refractivity contribution in [3.8, 4) is 0 Å². The molecule has 0 amide bonds. The minimum absolute atomic E-state index is 0.127. The first-order valence-electron chi connectivity index (χ1n) is 5.12. The fourth-order valence-electron chi connectivity index (χ4n) is 0.865. The van der Waals surface area contributed by atoms with Crippen molar-refractivity contribution in [2.75, 3.05) is 0 Å². The van der Waals surface area contributed by atoms with Gasteiger partial charge in [0, 0.05) is 10.5 Å². The fraction of sp³-hybridized carbons (Fsp3) is 0.500. The summed E-state index contributed by atoms with van der Waals surface area (Å²) >= 11 is 5.65. The Hall–Kier alpha value is -0.830. The monoisotopic (exact) mass is 189 g/mol. The minimum atomic E-state index is -1.91. The molecule has 0 saturated heterocycles. The molecule has 0 aromatic carbocycles. The second-order valence-corrected chi connectivity index (χ2v) is 2.73. The van der Waals surface area contributed by atoms with E-state index in [-0.39, 0.29) is 17.3 Å². The minimum Gasteiger partial charge on any atom is -0.332 e. The Morgan fingerprint density at radius 1 is 1.83 bits per heavy atom. The van der Waals surface area contributed by atoms with Crippen LogP contribution in [0.15, 0.2) is 0 Å². The van der Waals surface area contributed by atoms with E-state index in [9.17, 15) is 4.79 Å². The number of rotatable bonds is 4. The van der Waals surface area contributed by atoms with E-state index in [4.69, 9.17) is 15.7 Å². The van der Waals surface area contributed by atoms with Gasteiger partial charge in [0.2, 0.25) is 0 Å². The zero-order chi connectivity index (χ0) is 11.5. The van der Waals surface area contributed by atoms with Gasteiger partial charge in [0.15, 0.2) is 6.29 Å². The lowest BCUT2D eigenvalue weighted by atomic mass is 10.2. The van der Waals surface area contributed by atoms with Crippen molar-refractivity contribution in [3.05, 3.63) is 16.7 Å². The van der Waals surface area contributed by atoms with Crippen LogP contribution < -0.4 is 0 Å². The van der Waals surface area contributed by atoms with E-state index in [1.807, 2.05) is 0 Å². The molecule has 0 aliphatic heterocycles. The van der Waals surface area contributed by atoms with Gasteiger partial charge in [-0.3, -0.25) is 4.79 Å². The summed E-state index contributed by atoms with van der Waals surface area (Å²) in [5.74, 6) is 0.548. The molecule has 1 N–H and O–H groups in total. The lowest BCUT2D eigenvalue weighted by molar-refractivity contribution is 0.111. The molecular weight excluding hydrogens is 176 g/mol. The van der Waals surface area contributed by atoms with Crippen molar-refractivity contribution >= 4 is 17.9 Å². The summed E-state index contributed by atoms with van der Waals surface area (Å²) in [7, 11) is 0. The molecule has 0 aliphatic carbocycles. The van der Waals surface area contributed by atoms with Gasteiger partial charge in [-0.25, -0.2) is 4.98 Å². The molecule has 0 fully saturated rings. The molecule has 0 atom stereocenters. The summed E-state index contributed by atoms with van der Waals surface area (Å²) < 4.78 is 21.0. The van der Waals surface area contributed by atoms with Crippen molar-refractivity contribution in [3.63, 3.8) is 0 Å². The number of hydrogen-bond donors (Lipinski definition) is 1. The van der Waals surface area contributed by atoms with Crippen LogP contribution in [-0.4, -0.2) is 16.3 Å². The van der Waals surface area contributed by atoms with Crippen LogP contribution in [0.4, 0.5) is 0 Å². The quantitative estimate of drug-likeness (QED) is 0.739. The Labute approximate surface area is 80.4 Å². The zero-order valence-electron chi connectivity index (χ0n) is 9.43. The van der Waals surface area contributed by atoms with Gasteiger partial charge in [0.05, 0.1) is 0 Å². The number of aryl methyl sites for hydroxylation is 1. The van der Waals surface area contributed by atoms with E-state index in [2.05, 4.69) is 9.97 Å². The number of nitrogens with zero attached hydrogens (tertiary/aromatic N) is 1. The van der Waals surface area contributed by atoms with Gasteiger partial charge in [0.1, 0.15) is 16.7 Å². The number of halogens is 1. The number of imidazole rings is 1. The highest BCUT2D eigenvalue weighted by Crippen LogP contribution is 2.11. The van der Waals surface area contributed by atoms with E-state index in [1.54, 1.807) is 0 Å². The van der Waals surface area contributed by atoms with E-state index in [1.165, 1.54) is 0 Å². The first-order valence-corrected chi connectivity index (χ1v) is 4.00. The molecule has 66 valence electrons. The highest BCUT2D eigenvalue weighted by atomic mass is 35.5. The lowest BCUT2D eigenvalue weighted by Gasteiger charge is -1.90. The predicted molar refractivity (Wildman–Crippen MR) is 47.6 cm³/mol. The maximum atomic E-state index is 10.4. The second-order valence-electron chi connectivity index (χ2n) is 2.35. The largest absolute Gasteiger partial charge is 0.332 e. The number of hydrogen-bond acceptors (Lipinski definition) is 2. The second kappa shape index (κ2) is 4.26. The SMILES string of the molecule is [2H]C([2H])([2H])CCCc1nc(C=O)c(Cl)[nH]1. The molecule has 4 heteroatoms. The molecule has 12 heavy (non-hydrogen) atoms.